The molecule has 7 nitrogen and oxygen atoms in total. The smallest absolute Gasteiger partial charge is 0.213 e. The van der Waals surface area contributed by atoms with Gasteiger partial charge in [0.05, 0.1) is 11.9 Å². The summed E-state index contributed by atoms with van der Waals surface area (Å²) in [6, 6.07) is 8.59. The molecule has 1 fully saturated rings. The van der Waals surface area contributed by atoms with Gasteiger partial charge >= 0.3 is 0 Å². The molecule has 2 unspecified atom stereocenters. The predicted octanol–water partition coefficient (Wildman–Crippen LogP) is 2.69. The van der Waals surface area contributed by atoms with E-state index in [0.717, 1.165) is 38.4 Å². The number of aliphatic imine (C=N–C) groups is 1. The fourth-order valence-electron chi connectivity index (χ4n) is 3.57. The van der Waals surface area contributed by atoms with Crippen molar-refractivity contribution in [2.45, 2.75) is 46.1 Å². The minimum absolute atomic E-state index is 0.0823. The van der Waals surface area contributed by atoms with E-state index in [-0.39, 0.29) is 11.9 Å². The molecule has 1 aliphatic rings. The fraction of sp³-hybridized carbons (Fsp3) is 0.682. The number of benzene rings is 1. The molecule has 2 N–H and O–H groups in total. The van der Waals surface area contributed by atoms with Gasteiger partial charge in [-0.2, -0.15) is 0 Å². The summed E-state index contributed by atoms with van der Waals surface area (Å²) in [7, 11) is -1.49. The molecule has 1 aromatic rings. The third-order valence-corrected chi connectivity index (χ3v) is 7.32. The van der Waals surface area contributed by atoms with E-state index in [1.807, 2.05) is 6.92 Å². The molecule has 0 amide bonds. The number of nitrogens with one attached hydrogen (secondary N) is 2. The van der Waals surface area contributed by atoms with Crippen LogP contribution in [-0.2, 0) is 14.8 Å². The zero-order chi connectivity index (χ0) is 22.0. The lowest BCUT2D eigenvalue weighted by atomic mass is 9.89. The Morgan fingerprint density at radius 2 is 1.97 bits per heavy atom. The van der Waals surface area contributed by atoms with E-state index in [2.05, 4.69) is 41.8 Å². The summed E-state index contributed by atoms with van der Waals surface area (Å²) in [5.74, 6) is 1.25. The Kier molecular flexibility index (Phi) is 10.1. The van der Waals surface area contributed by atoms with E-state index >= 15 is 0 Å². The van der Waals surface area contributed by atoms with Crippen molar-refractivity contribution in [3.8, 4) is 0 Å². The highest BCUT2D eigenvalue weighted by molar-refractivity contribution is 7.89. The molecule has 170 valence electrons. The summed E-state index contributed by atoms with van der Waals surface area (Å²) in [5, 5.41) is 6.60. The number of hydrogen-bond acceptors (Lipinski definition) is 4. The molecule has 1 saturated heterocycles. The van der Waals surface area contributed by atoms with Gasteiger partial charge in [-0.25, -0.2) is 12.7 Å². The maximum absolute atomic E-state index is 11.8. The molecule has 1 heterocycles. The minimum Gasteiger partial charge on any atom is -0.373 e. The molecule has 30 heavy (non-hydrogen) atoms. The van der Waals surface area contributed by atoms with E-state index in [0.29, 0.717) is 25.6 Å². The van der Waals surface area contributed by atoms with E-state index < -0.39 is 10.0 Å². The molecule has 0 bridgehead atoms. The van der Waals surface area contributed by atoms with Crippen LogP contribution in [0.5, 0.6) is 0 Å². The minimum atomic E-state index is -3.12. The molecule has 2 atom stereocenters. The monoisotopic (exact) mass is 438 g/mol. The van der Waals surface area contributed by atoms with Gasteiger partial charge in [-0.3, -0.25) is 4.99 Å². The first-order valence-electron chi connectivity index (χ1n) is 11.0. The van der Waals surface area contributed by atoms with Crippen molar-refractivity contribution in [1.29, 1.82) is 0 Å². The van der Waals surface area contributed by atoms with E-state index in [4.69, 9.17) is 9.73 Å². The molecule has 0 aromatic heterocycles. The van der Waals surface area contributed by atoms with Gasteiger partial charge in [0.25, 0.3) is 0 Å². The second-order valence-electron chi connectivity index (χ2n) is 7.83. The molecule has 1 aromatic carbocycles. The second-order valence-corrected chi connectivity index (χ2v) is 10.2. The van der Waals surface area contributed by atoms with Crippen molar-refractivity contribution >= 4 is 16.0 Å². The Morgan fingerprint density at radius 3 is 2.63 bits per heavy atom. The van der Waals surface area contributed by atoms with Gasteiger partial charge < -0.3 is 15.4 Å². The standard InChI is InChI=1S/C22H38N4O3S/c1-5-23-22(24-14-8-15-26(4)30(27,28)6-2)25-17-20-9-7-16-29-21(20)19-12-10-18(3)11-13-19/h10-13,20-21H,5-9,14-17H2,1-4H3,(H2,23,24,25). The number of hydrogen-bond donors (Lipinski definition) is 2. The van der Waals surface area contributed by atoms with Crippen LogP contribution in [0, 0.1) is 12.8 Å². The SMILES string of the molecule is CCNC(=NCC1CCCOC1c1ccc(C)cc1)NCCCN(C)S(=O)(=O)CC. The van der Waals surface area contributed by atoms with Crippen molar-refractivity contribution < 1.29 is 13.2 Å². The Labute approximate surface area is 182 Å². The lowest BCUT2D eigenvalue weighted by Crippen LogP contribution is -2.39. The zero-order valence-corrected chi connectivity index (χ0v) is 19.7. The third kappa shape index (κ3) is 7.56. The summed E-state index contributed by atoms with van der Waals surface area (Å²) >= 11 is 0. The maximum atomic E-state index is 11.8. The van der Waals surface area contributed by atoms with E-state index in [1.165, 1.54) is 15.4 Å². The van der Waals surface area contributed by atoms with Crippen LogP contribution in [0.3, 0.4) is 0 Å². The first-order chi connectivity index (χ1) is 14.4. The van der Waals surface area contributed by atoms with Crippen LogP contribution < -0.4 is 10.6 Å². The van der Waals surface area contributed by atoms with Gasteiger partial charge in [0.2, 0.25) is 10.0 Å². The molecule has 2 rings (SSSR count). The van der Waals surface area contributed by atoms with Crippen LogP contribution in [0.4, 0.5) is 0 Å². The van der Waals surface area contributed by atoms with Crippen molar-refractivity contribution in [2.75, 3.05) is 45.6 Å². The summed E-state index contributed by atoms with van der Waals surface area (Å²) in [6.07, 6.45) is 2.96. The number of sulfonamides is 1. The van der Waals surface area contributed by atoms with Crippen LogP contribution in [0.2, 0.25) is 0 Å². The lowest BCUT2D eigenvalue weighted by Gasteiger charge is -2.31. The molecular formula is C22H38N4O3S. The quantitative estimate of drug-likeness (QED) is 0.333. The third-order valence-electron chi connectivity index (χ3n) is 5.46. The maximum Gasteiger partial charge on any atom is 0.213 e. The number of ether oxygens (including phenoxy) is 1. The van der Waals surface area contributed by atoms with Crippen molar-refractivity contribution in [3.05, 3.63) is 35.4 Å². The van der Waals surface area contributed by atoms with Crippen LogP contribution in [0.15, 0.2) is 29.3 Å². The highest BCUT2D eigenvalue weighted by Crippen LogP contribution is 2.33. The summed E-state index contributed by atoms with van der Waals surface area (Å²) in [5.41, 5.74) is 2.47. The molecule has 0 radical (unpaired) electrons. The molecule has 1 aliphatic heterocycles. The Balaban J connectivity index is 1.91. The molecule has 0 spiro atoms. The first kappa shape index (κ1) is 24.6. The highest BCUT2D eigenvalue weighted by Gasteiger charge is 2.27. The number of rotatable bonds is 10. The predicted molar refractivity (Wildman–Crippen MR) is 123 cm³/mol. The van der Waals surface area contributed by atoms with Crippen molar-refractivity contribution in [2.24, 2.45) is 10.9 Å². The normalized spacial score (nSPS) is 20.4. The average Bonchev–Trinajstić information content (AvgIpc) is 2.75. The summed E-state index contributed by atoms with van der Waals surface area (Å²) in [6.45, 7) is 9.22. The number of nitrogens with zero attached hydrogens (tertiary/aromatic N) is 2. The Hall–Kier alpha value is -1.64. The highest BCUT2D eigenvalue weighted by atomic mass is 32.2. The van der Waals surface area contributed by atoms with E-state index in [1.54, 1.807) is 14.0 Å². The van der Waals surface area contributed by atoms with Crippen LogP contribution >= 0.6 is 0 Å². The lowest BCUT2D eigenvalue weighted by molar-refractivity contribution is -0.0250. The van der Waals surface area contributed by atoms with Gasteiger partial charge in [-0.15, -0.1) is 0 Å². The van der Waals surface area contributed by atoms with Crippen LogP contribution in [-0.4, -0.2) is 64.3 Å². The summed E-state index contributed by atoms with van der Waals surface area (Å²) < 4.78 is 31.2. The van der Waals surface area contributed by atoms with Crippen molar-refractivity contribution in [3.63, 3.8) is 0 Å². The molecule has 0 saturated carbocycles. The number of aryl methyl sites for hydroxylation is 1. The largest absolute Gasteiger partial charge is 0.373 e. The summed E-state index contributed by atoms with van der Waals surface area (Å²) in [4.78, 5) is 4.79. The zero-order valence-electron chi connectivity index (χ0n) is 18.9. The Morgan fingerprint density at radius 1 is 1.23 bits per heavy atom. The number of guanidine groups is 1. The van der Waals surface area contributed by atoms with Crippen LogP contribution in [0.25, 0.3) is 0 Å². The van der Waals surface area contributed by atoms with Crippen LogP contribution in [0.1, 0.15) is 50.3 Å². The van der Waals surface area contributed by atoms with Gasteiger partial charge in [0.15, 0.2) is 5.96 Å². The second kappa shape index (κ2) is 12.3. The molecule has 8 heteroatoms. The van der Waals surface area contributed by atoms with Gasteiger partial charge in [-0.05, 0) is 45.6 Å². The van der Waals surface area contributed by atoms with Gasteiger partial charge in [0.1, 0.15) is 0 Å². The average molecular weight is 439 g/mol. The molecule has 0 aliphatic carbocycles. The van der Waals surface area contributed by atoms with E-state index in [9.17, 15) is 8.42 Å². The first-order valence-corrected chi connectivity index (χ1v) is 12.6. The van der Waals surface area contributed by atoms with Gasteiger partial charge in [-0.1, -0.05) is 29.8 Å². The Bertz CT molecular complexity index is 765. The fourth-order valence-corrected chi connectivity index (χ4v) is 4.42. The van der Waals surface area contributed by atoms with Gasteiger partial charge in [0, 0.05) is 45.8 Å². The molecular weight excluding hydrogens is 400 g/mol. The van der Waals surface area contributed by atoms with Crippen molar-refractivity contribution in [1.82, 2.24) is 14.9 Å². The topological polar surface area (TPSA) is 83.0 Å².